The Balaban J connectivity index is 2.08. The van der Waals surface area contributed by atoms with E-state index in [0.29, 0.717) is 23.8 Å². The Hall–Kier alpha value is -1.32. The third kappa shape index (κ3) is 4.85. The van der Waals surface area contributed by atoms with E-state index in [1.807, 2.05) is 18.2 Å². The summed E-state index contributed by atoms with van der Waals surface area (Å²) in [6, 6.07) is 5.71. The lowest BCUT2D eigenvalue weighted by atomic mass is 10.1. The standard InChI is InChI=1S/C13H11Cl2IN4O2/c14-9-6-18-12(15)20-11(9)19-8-2-1-7(10(16)5-8)3-4-17-13(21)22/h1-2,5-6,17H,3-4H2,(H,21,22)(H,18,19,20). The number of nitrogens with one attached hydrogen (secondary N) is 2. The molecule has 0 saturated carbocycles. The first kappa shape index (κ1) is 17.0. The fourth-order valence-electron chi connectivity index (χ4n) is 1.70. The van der Waals surface area contributed by atoms with E-state index in [1.54, 1.807) is 0 Å². The number of hydrogen-bond donors (Lipinski definition) is 3. The van der Waals surface area contributed by atoms with Crippen molar-refractivity contribution in [1.29, 1.82) is 0 Å². The van der Waals surface area contributed by atoms with E-state index < -0.39 is 6.09 Å². The Kier molecular flexibility index (Phi) is 6.04. The van der Waals surface area contributed by atoms with E-state index in [-0.39, 0.29) is 5.28 Å². The lowest BCUT2D eigenvalue weighted by Crippen LogP contribution is -2.23. The molecule has 1 aromatic heterocycles. The molecule has 0 aliphatic rings. The van der Waals surface area contributed by atoms with Crippen LogP contribution in [0.2, 0.25) is 10.3 Å². The largest absolute Gasteiger partial charge is 0.465 e. The van der Waals surface area contributed by atoms with Crippen LogP contribution in [0.15, 0.2) is 24.4 Å². The highest BCUT2D eigenvalue weighted by Crippen LogP contribution is 2.25. The normalized spacial score (nSPS) is 10.3. The van der Waals surface area contributed by atoms with Gasteiger partial charge in [-0.05, 0) is 58.3 Å². The van der Waals surface area contributed by atoms with Gasteiger partial charge in [-0.15, -0.1) is 0 Å². The number of carbonyl (C=O) groups is 1. The van der Waals surface area contributed by atoms with Crippen LogP contribution in [0.5, 0.6) is 0 Å². The van der Waals surface area contributed by atoms with Crippen molar-refractivity contribution in [3.8, 4) is 0 Å². The third-order valence-corrected chi connectivity index (χ3v) is 4.16. The van der Waals surface area contributed by atoms with Crippen LogP contribution in [0.1, 0.15) is 5.56 Å². The van der Waals surface area contributed by atoms with Gasteiger partial charge >= 0.3 is 6.09 Å². The molecule has 3 N–H and O–H groups in total. The molecular formula is C13H11Cl2IN4O2. The summed E-state index contributed by atoms with van der Waals surface area (Å²) in [5, 5.41) is 14.4. The molecule has 1 aromatic carbocycles. The first-order valence-electron chi connectivity index (χ1n) is 6.16. The minimum atomic E-state index is -1.02. The average molecular weight is 453 g/mol. The number of anilines is 2. The molecule has 22 heavy (non-hydrogen) atoms. The predicted octanol–water partition coefficient (Wildman–Crippen LogP) is 3.94. The first-order chi connectivity index (χ1) is 10.5. The maximum Gasteiger partial charge on any atom is 0.404 e. The van der Waals surface area contributed by atoms with Gasteiger partial charge < -0.3 is 15.7 Å². The molecule has 1 amide bonds. The van der Waals surface area contributed by atoms with Gasteiger partial charge in [0.15, 0.2) is 5.82 Å². The van der Waals surface area contributed by atoms with Crippen molar-refractivity contribution >= 4 is 63.4 Å². The minimum Gasteiger partial charge on any atom is -0.465 e. The van der Waals surface area contributed by atoms with E-state index in [0.717, 1.165) is 14.8 Å². The molecule has 0 saturated heterocycles. The maximum absolute atomic E-state index is 10.4. The van der Waals surface area contributed by atoms with Crippen molar-refractivity contribution < 1.29 is 9.90 Å². The van der Waals surface area contributed by atoms with E-state index in [9.17, 15) is 4.79 Å². The number of hydrogen-bond acceptors (Lipinski definition) is 4. The molecule has 0 fully saturated rings. The Labute approximate surface area is 150 Å². The number of halogens is 3. The molecule has 0 aliphatic carbocycles. The van der Waals surface area contributed by atoms with Crippen molar-refractivity contribution in [3.63, 3.8) is 0 Å². The second kappa shape index (κ2) is 7.80. The van der Waals surface area contributed by atoms with E-state index in [2.05, 4.69) is 43.2 Å². The fraction of sp³-hybridized carbons (Fsp3) is 0.154. The second-order valence-electron chi connectivity index (χ2n) is 4.25. The number of nitrogens with zero attached hydrogens (tertiary/aromatic N) is 2. The zero-order valence-corrected chi connectivity index (χ0v) is 14.8. The molecule has 9 heteroatoms. The minimum absolute atomic E-state index is 0.109. The molecule has 0 unspecified atom stereocenters. The number of benzene rings is 1. The topological polar surface area (TPSA) is 87.1 Å². The van der Waals surface area contributed by atoms with Crippen LogP contribution in [0.25, 0.3) is 0 Å². The molecule has 2 aromatic rings. The van der Waals surface area contributed by atoms with Gasteiger partial charge in [0.2, 0.25) is 5.28 Å². The number of carboxylic acid groups (broad SMARTS) is 1. The zero-order chi connectivity index (χ0) is 16.1. The van der Waals surface area contributed by atoms with Crippen LogP contribution in [-0.2, 0) is 6.42 Å². The van der Waals surface area contributed by atoms with Crippen LogP contribution >= 0.6 is 45.8 Å². The smallest absolute Gasteiger partial charge is 0.404 e. The van der Waals surface area contributed by atoms with Crippen molar-refractivity contribution in [1.82, 2.24) is 15.3 Å². The summed E-state index contributed by atoms with van der Waals surface area (Å²) in [7, 11) is 0. The lowest BCUT2D eigenvalue weighted by Gasteiger charge is -2.10. The van der Waals surface area contributed by atoms with Gasteiger partial charge in [0.05, 0.1) is 6.20 Å². The molecule has 0 radical (unpaired) electrons. The Morgan fingerprint density at radius 2 is 2.14 bits per heavy atom. The lowest BCUT2D eigenvalue weighted by molar-refractivity contribution is 0.194. The zero-order valence-electron chi connectivity index (χ0n) is 11.1. The highest BCUT2D eigenvalue weighted by molar-refractivity contribution is 14.1. The second-order valence-corrected chi connectivity index (χ2v) is 6.16. The summed E-state index contributed by atoms with van der Waals surface area (Å²) in [6.45, 7) is 0.367. The van der Waals surface area contributed by atoms with Gasteiger partial charge in [-0.3, -0.25) is 0 Å². The molecule has 6 nitrogen and oxygen atoms in total. The van der Waals surface area contributed by atoms with Crippen LogP contribution < -0.4 is 10.6 Å². The van der Waals surface area contributed by atoms with Crippen LogP contribution in [0, 0.1) is 3.57 Å². The first-order valence-corrected chi connectivity index (χ1v) is 7.99. The molecule has 1 heterocycles. The highest BCUT2D eigenvalue weighted by atomic mass is 127. The van der Waals surface area contributed by atoms with E-state index in [4.69, 9.17) is 28.3 Å². The Morgan fingerprint density at radius 3 is 2.82 bits per heavy atom. The molecule has 0 atom stereocenters. The summed E-state index contributed by atoms with van der Waals surface area (Å²) in [4.78, 5) is 18.2. The van der Waals surface area contributed by atoms with Gasteiger partial charge in [0.1, 0.15) is 5.02 Å². The summed E-state index contributed by atoms with van der Waals surface area (Å²) in [5.74, 6) is 0.428. The molecule has 0 bridgehead atoms. The van der Waals surface area contributed by atoms with Gasteiger partial charge in [-0.1, -0.05) is 17.7 Å². The van der Waals surface area contributed by atoms with E-state index in [1.165, 1.54) is 6.20 Å². The monoisotopic (exact) mass is 452 g/mol. The average Bonchev–Trinajstić information content (AvgIpc) is 2.45. The van der Waals surface area contributed by atoms with Crippen molar-refractivity contribution in [2.45, 2.75) is 6.42 Å². The number of aromatic nitrogens is 2. The van der Waals surface area contributed by atoms with Crippen molar-refractivity contribution in [2.24, 2.45) is 0 Å². The summed E-state index contributed by atoms with van der Waals surface area (Å²) >= 11 is 13.9. The van der Waals surface area contributed by atoms with Crippen LogP contribution in [0.3, 0.4) is 0 Å². The predicted molar refractivity (Wildman–Crippen MR) is 94.2 cm³/mol. The summed E-state index contributed by atoms with van der Waals surface area (Å²) in [5.41, 5.74) is 1.85. The van der Waals surface area contributed by atoms with Gasteiger partial charge in [0.25, 0.3) is 0 Å². The van der Waals surface area contributed by atoms with Crippen molar-refractivity contribution in [3.05, 3.63) is 43.8 Å². The molecule has 2 rings (SSSR count). The molecule has 0 aliphatic heterocycles. The Morgan fingerprint density at radius 1 is 1.36 bits per heavy atom. The van der Waals surface area contributed by atoms with E-state index >= 15 is 0 Å². The third-order valence-electron chi connectivity index (χ3n) is 2.70. The molecular weight excluding hydrogens is 442 g/mol. The fourth-order valence-corrected chi connectivity index (χ4v) is 2.76. The van der Waals surface area contributed by atoms with Crippen LogP contribution in [0.4, 0.5) is 16.3 Å². The highest BCUT2D eigenvalue weighted by Gasteiger charge is 2.07. The maximum atomic E-state index is 10.4. The van der Waals surface area contributed by atoms with Crippen molar-refractivity contribution in [2.75, 3.05) is 11.9 Å². The molecule has 116 valence electrons. The summed E-state index contributed by atoms with van der Waals surface area (Å²) < 4.78 is 1.01. The van der Waals surface area contributed by atoms with Gasteiger partial charge in [-0.25, -0.2) is 9.78 Å². The van der Waals surface area contributed by atoms with Gasteiger partial charge in [0, 0.05) is 15.8 Å². The number of rotatable bonds is 5. The SMILES string of the molecule is O=C(O)NCCc1ccc(Nc2nc(Cl)ncc2Cl)cc1I. The summed E-state index contributed by atoms with van der Waals surface area (Å²) in [6.07, 6.45) is 1.02. The Bertz CT molecular complexity index is 700. The molecule has 0 spiro atoms. The van der Waals surface area contributed by atoms with Crippen LogP contribution in [-0.4, -0.2) is 27.7 Å². The van der Waals surface area contributed by atoms with Gasteiger partial charge in [-0.2, -0.15) is 4.98 Å². The quantitative estimate of drug-likeness (QED) is 0.472. The number of amides is 1.